The molecule has 9 heteroatoms. The van der Waals surface area contributed by atoms with Gasteiger partial charge in [-0.3, -0.25) is 0 Å². The van der Waals surface area contributed by atoms with Crippen molar-refractivity contribution in [1.29, 1.82) is 5.26 Å². The first-order valence-electron chi connectivity index (χ1n) is 9.37. The smallest absolute Gasteiger partial charge is 0.255 e. The van der Waals surface area contributed by atoms with E-state index in [2.05, 4.69) is 26.5 Å². The van der Waals surface area contributed by atoms with Crippen LogP contribution >= 0.6 is 0 Å². The Balaban J connectivity index is 1.69. The average molecular weight is 388 g/mol. The van der Waals surface area contributed by atoms with Crippen LogP contribution in [0.15, 0.2) is 12.4 Å². The van der Waals surface area contributed by atoms with Gasteiger partial charge in [0.2, 0.25) is 11.8 Å². The second-order valence-electron chi connectivity index (χ2n) is 7.68. The van der Waals surface area contributed by atoms with E-state index in [1.165, 1.54) is 0 Å². The fourth-order valence-corrected chi connectivity index (χ4v) is 3.28. The summed E-state index contributed by atoms with van der Waals surface area (Å²) in [6, 6.07) is 2.20. The van der Waals surface area contributed by atoms with Gasteiger partial charge in [0.25, 0.3) is 5.88 Å². The van der Waals surface area contributed by atoms with Crippen molar-refractivity contribution in [2.45, 2.75) is 58.1 Å². The summed E-state index contributed by atoms with van der Waals surface area (Å²) in [6.45, 7) is 5.71. The number of nitriles is 1. The van der Waals surface area contributed by atoms with Crippen molar-refractivity contribution < 1.29 is 14.2 Å². The summed E-state index contributed by atoms with van der Waals surface area (Å²) in [5.74, 6) is -0.263. The van der Waals surface area contributed by atoms with Crippen molar-refractivity contribution in [2.24, 2.45) is 5.92 Å². The Hall–Kier alpha value is -2.73. The molecule has 0 unspecified atom stereocenters. The Kier molecular flexibility index (Phi) is 5.79. The Labute approximate surface area is 163 Å². The summed E-state index contributed by atoms with van der Waals surface area (Å²) in [5.41, 5.74) is 0.569. The number of aliphatic hydroxyl groups excluding tert-OH is 1. The molecular weight excluding hydrogens is 363 g/mol. The maximum atomic E-state index is 14.0. The lowest BCUT2D eigenvalue weighted by Gasteiger charge is -2.25. The molecule has 2 heterocycles. The summed E-state index contributed by atoms with van der Waals surface area (Å²) in [5, 5.41) is 26.1. The van der Waals surface area contributed by atoms with Gasteiger partial charge in [0.05, 0.1) is 42.6 Å². The molecule has 0 aliphatic heterocycles. The van der Waals surface area contributed by atoms with Gasteiger partial charge >= 0.3 is 0 Å². The standard InChI is InChI=1S/C19H25FN6O2/c1-12-16(9-23-26(12)19(2,3)11-21)24-18-22-8-15(20)17(25-18)28-10-13-4-6-14(27)7-5-13/h8-9,13-14,27H,4-7,10H2,1-3H3,(H,22,24,25)/t13-,14-. The topological polar surface area (TPSA) is 109 Å². The minimum absolute atomic E-state index is 0.106. The molecule has 3 rings (SSSR count). The largest absolute Gasteiger partial charge is 0.475 e. The van der Waals surface area contributed by atoms with Crippen molar-refractivity contribution in [3.63, 3.8) is 0 Å². The van der Waals surface area contributed by atoms with E-state index in [-0.39, 0.29) is 23.9 Å². The van der Waals surface area contributed by atoms with Crippen molar-refractivity contribution >= 4 is 11.6 Å². The van der Waals surface area contributed by atoms with Crippen molar-refractivity contribution in [3.8, 4) is 11.9 Å². The van der Waals surface area contributed by atoms with Gasteiger partial charge in [-0.1, -0.05) is 0 Å². The second-order valence-corrected chi connectivity index (χ2v) is 7.68. The number of hydrogen-bond acceptors (Lipinski definition) is 7. The van der Waals surface area contributed by atoms with Crippen LogP contribution in [0.1, 0.15) is 45.2 Å². The predicted octanol–water partition coefficient (Wildman–Crippen LogP) is 3.05. The zero-order valence-corrected chi connectivity index (χ0v) is 16.3. The van der Waals surface area contributed by atoms with E-state index in [0.29, 0.717) is 12.3 Å². The maximum absolute atomic E-state index is 14.0. The highest BCUT2D eigenvalue weighted by Gasteiger charge is 2.24. The van der Waals surface area contributed by atoms with Crippen LogP contribution in [-0.4, -0.2) is 37.6 Å². The minimum atomic E-state index is -0.796. The highest BCUT2D eigenvalue weighted by atomic mass is 19.1. The third kappa shape index (κ3) is 4.39. The van der Waals surface area contributed by atoms with Crippen molar-refractivity contribution in [3.05, 3.63) is 23.9 Å². The van der Waals surface area contributed by atoms with Crippen LogP contribution in [0.2, 0.25) is 0 Å². The SMILES string of the molecule is Cc1c(Nc2ncc(F)c(OC[C@H]3CC[C@H](O)CC3)n2)cnn1C(C)(C)C#N. The van der Waals surface area contributed by atoms with Gasteiger partial charge in [-0.25, -0.2) is 9.67 Å². The molecule has 0 spiro atoms. The highest BCUT2D eigenvalue weighted by Crippen LogP contribution is 2.27. The van der Waals surface area contributed by atoms with Crippen LogP contribution in [0.4, 0.5) is 16.0 Å². The fraction of sp³-hybridized carbons (Fsp3) is 0.579. The van der Waals surface area contributed by atoms with E-state index in [0.717, 1.165) is 37.6 Å². The van der Waals surface area contributed by atoms with Gasteiger partial charge in [0, 0.05) is 0 Å². The summed E-state index contributed by atoms with van der Waals surface area (Å²) >= 11 is 0. The molecule has 0 radical (unpaired) electrons. The normalized spacial score (nSPS) is 19.9. The summed E-state index contributed by atoms with van der Waals surface area (Å²) in [4.78, 5) is 8.09. The van der Waals surface area contributed by atoms with E-state index < -0.39 is 11.4 Å². The van der Waals surface area contributed by atoms with Gasteiger partial charge in [-0.05, 0) is 52.4 Å². The lowest BCUT2D eigenvalue weighted by atomic mass is 9.88. The lowest BCUT2D eigenvalue weighted by molar-refractivity contribution is 0.0899. The van der Waals surface area contributed by atoms with Crippen LogP contribution < -0.4 is 10.1 Å². The molecule has 0 saturated heterocycles. The fourth-order valence-electron chi connectivity index (χ4n) is 3.28. The maximum Gasteiger partial charge on any atom is 0.255 e. The Morgan fingerprint density at radius 2 is 2.07 bits per heavy atom. The zero-order valence-electron chi connectivity index (χ0n) is 16.3. The van der Waals surface area contributed by atoms with Crippen LogP contribution in [0.5, 0.6) is 5.88 Å². The molecule has 1 aliphatic rings. The molecule has 150 valence electrons. The number of ether oxygens (including phenoxy) is 1. The molecule has 1 aliphatic carbocycles. The number of rotatable bonds is 6. The number of halogens is 1. The molecule has 28 heavy (non-hydrogen) atoms. The van der Waals surface area contributed by atoms with Crippen LogP contribution in [0.25, 0.3) is 0 Å². The molecule has 0 amide bonds. The Morgan fingerprint density at radius 1 is 1.36 bits per heavy atom. The number of anilines is 2. The van der Waals surface area contributed by atoms with Gasteiger partial charge in [-0.2, -0.15) is 19.7 Å². The van der Waals surface area contributed by atoms with Crippen LogP contribution in [0.3, 0.4) is 0 Å². The van der Waals surface area contributed by atoms with Gasteiger partial charge in [-0.15, -0.1) is 0 Å². The van der Waals surface area contributed by atoms with E-state index in [4.69, 9.17) is 4.74 Å². The van der Waals surface area contributed by atoms with Crippen LogP contribution in [0, 0.1) is 30.0 Å². The Morgan fingerprint density at radius 3 is 2.75 bits per heavy atom. The molecular formula is C19H25FN6O2. The number of nitrogens with zero attached hydrogens (tertiary/aromatic N) is 5. The number of aromatic nitrogens is 4. The molecule has 8 nitrogen and oxygen atoms in total. The van der Waals surface area contributed by atoms with E-state index in [1.807, 2.05) is 6.92 Å². The Bertz CT molecular complexity index is 868. The molecule has 0 bridgehead atoms. The summed E-state index contributed by atoms with van der Waals surface area (Å²) in [7, 11) is 0. The first kappa shape index (κ1) is 20.0. The summed E-state index contributed by atoms with van der Waals surface area (Å²) < 4.78 is 21.2. The molecule has 2 aromatic rings. The number of aliphatic hydroxyl groups is 1. The lowest BCUT2D eigenvalue weighted by Crippen LogP contribution is -2.26. The third-order valence-corrected chi connectivity index (χ3v) is 5.04. The molecule has 2 aromatic heterocycles. The van der Waals surface area contributed by atoms with E-state index >= 15 is 0 Å². The quantitative estimate of drug-likeness (QED) is 0.783. The molecule has 1 fully saturated rings. The van der Waals surface area contributed by atoms with Gasteiger partial charge < -0.3 is 15.2 Å². The van der Waals surface area contributed by atoms with Crippen molar-refractivity contribution in [2.75, 3.05) is 11.9 Å². The second kappa shape index (κ2) is 8.10. The molecule has 0 aromatic carbocycles. The monoisotopic (exact) mass is 388 g/mol. The van der Waals surface area contributed by atoms with Gasteiger partial charge in [0.15, 0.2) is 0 Å². The van der Waals surface area contributed by atoms with E-state index in [1.54, 1.807) is 24.7 Å². The first-order chi connectivity index (χ1) is 13.3. The predicted molar refractivity (Wildman–Crippen MR) is 101 cm³/mol. The molecule has 0 atom stereocenters. The number of nitrogens with one attached hydrogen (secondary N) is 1. The molecule has 1 saturated carbocycles. The van der Waals surface area contributed by atoms with E-state index in [9.17, 15) is 14.8 Å². The average Bonchev–Trinajstić information content (AvgIpc) is 3.04. The first-order valence-corrected chi connectivity index (χ1v) is 9.37. The van der Waals surface area contributed by atoms with Crippen LogP contribution in [-0.2, 0) is 5.54 Å². The summed E-state index contributed by atoms with van der Waals surface area (Å²) in [6.07, 6.45) is 5.60. The highest BCUT2D eigenvalue weighted by molar-refractivity contribution is 5.55. The number of hydrogen-bond donors (Lipinski definition) is 2. The van der Waals surface area contributed by atoms with Gasteiger partial charge in [0.1, 0.15) is 5.54 Å². The van der Waals surface area contributed by atoms with Crippen molar-refractivity contribution in [1.82, 2.24) is 19.7 Å². The minimum Gasteiger partial charge on any atom is -0.475 e. The zero-order chi connectivity index (χ0) is 20.3. The third-order valence-electron chi connectivity index (χ3n) is 5.04. The molecule has 2 N–H and O–H groups in total.